The van der Waals surface area contributed by atoms with Crippen molar-refractivity contribution in [1.82, 2.24) is 9.80 Å². The van der Waals surface area contributed by atoms with Gasteiger partial charge in [-0.1, -0.05) is 18.2 Å². The number of carbonyl (C=O) groups is 1. The molecule has 138 valence electrons. The second-order valence-corrected chi connectivity index (χ2v) is 6.75. The molecule has 0 unspecified atom stereocenters. The van der Waals surface area contributed by atoms with Crippen LogP contribution in [-0.4, -0.2) is 84.6 Å². The third kappa shape index (κ3) is 4.92. The highest BCUT2D eigenvalue weighted by molar-refractivity contribution is 5.69. The summed E-state index contributed by atoms with van der Waals surface area (Å²) in [5.74, 6) is 0.309. The van der Waals surface area contributed by atoms with Crippen LogP contribution in [0.5, 0.6) is 5.75 Å². The molecule has 0 spiro atoms. The number of para-hydroxylation sites is 1. The average Bonchev–Trinajstić information content (AvgIpc) is 2.83. The molecule has 2 N–H and O–H groups in total. The van der Waals surface area contributed by atoms with Crippen LogP contribution in [0.1, 0.15) is 5.56 Å². The highest BCUT2D eigenvalue weighted by Crippen LogP contribution is 2.24. The number of carboxylic acid groups (broad SMARTS) is 1. The highest BCUT2D eigenvalue weighted by Gasteiger charge is 2.34. The number of carboxylic acids is 1. The predicted molar refractivity (Wildman–Crippen MR) is 91.6 cm³/mol. The number of aliphatic carboxylic acids is 1. The molecule has 2 aliphatic rings. The maximum absolute atomic E-state index is 11.2. The molecule has 2 bridgehead atoms. The van der Waals surface area contributed by atoms with E-state index in [9.17, 15) is 4.79 Å². The van der Waals surface area contributed by atoms with Gasteiger partial charge in [-0.2, -0.15) is 0 Å². The molecule has 1 aromatic rings. The van der Waals surface area contributed by atoms with E-state index in [0.29, 0.717) is 19.1 Å². The molecule has 3 rings (SSSR count). The van der Waals surface area contributed by atoms with E-state index < -0.39 is 5.97 Å². The first kappa shape index (κ1) is 18.1. The number of ether oxygens (including phenoxy) is 2. The number of nitrogens with zero attached hydrogens (tertiary/aromatic N) is 2. The van der Waals surface area contributed by atoms with Crippen LogP contribution in [0.4, 0.5) is 0 Å². The normalized spacial score (nSPS) is 24.7. The van der Waals surface area contributed by atoms with Crippen molar-refractivity contribution in [2.24, 2.45) is 5.92 Å². The first-order chi connectivity index (χ1) is 12.2. The van der Waals surface area contributed by atoms with Crippen LogP contribution in [0.3, 0.4) is 0 Å². The molecule has 1 aromatic carbocycles. The SMILES string of the molecule is O=C(O)CN1C[C@H]2COC[C@@H]1CN(Cc1ccccc1OCCO)C2. The Morgan fingerprint density at radius 1 is 1.24 bits per heavy atom. The molecule has 2 atom stereocenters. The van der Waals surface area contributed by atoms with Crippen LogP contribution < -0.4 is 4.74 Å². The van der Waals surface area contributed by atoms with Gasteiger partial charge in [0.05, 0.1) is 26.4 Å². The van der Waals surface area contributed by atoms with Gasteiger partial charge in [-0.15, -0.1) is 0 Å². The largest absolute Gasteiger partial charge is 0.491 e. The van der Waals surface area contributed by atoms with Crippen molar-refractivity contribution in [3.8, 4) is 5.75 Å². The Morgan fingerprint density at radius 3 is 2.88 bits per heavy atom. The minimum atomic E-state index is -0.790. The van der Waals surface area contributed by atoms with Crippen molar-refractivity contribution in [2.75, 3.05) is 52.6 Å². The lowest BCUT2D eigenvalue weighted by Gasteiger charge is -2.30. The molecule has 2 aliphatic heterocycles. The van der Waals surface area contributed by atoms with Crippen molar-refractivity contribution in [3.05, 3.63) is 29.8 Å². The molecule has 7 nitrogen and oxygen atoms in total. The van der Waals surface area contributed by atoms with Crippen LogP contribution in [-0.2, 0) is 16.1 Å². The van der Waals surface area contributed by atoms with Crippen LogP contribution in [0, 0.1) is 5.92 Å². The molecular weight excluding hydrogens is 324 g/mol. The van der Waals surface area contributed by atoms with Gasteiger partial charge in [-0.05, 0) is 6.07 Å². The predicted octanol–water partition coefficient (Wildman–Crippen LogP) is 0.275. The summed E-state index contributed by atoms with van der Waals surface area (Å²) in [5, 5.41) is 18.1. The van der Waals surface area contributed by atoms with Gasteiger partial charge in [0.25, 0.3) is 0 Å². The van der Waals surface area contributed by atoms with Gasteiger partial charge in [-0.3, -0.25) is 14.6 Å². The second-order valence-electron chi connectivity index (χ2n) is 6.75. The first-order valence-corrected chi connectivity index (χ1v) is 8.73. The Morgan fingerprint density at radius 2 is 2.08 bits per heavy atom. The fraction of sp³-hybridized carbons (Fsp3) is 0.611. The van der Waals surface area contributed by atoms with Gasteiger partial charge < -0.3 is 19.7 Å². The minimum Gasteiger partial charge on any atom is -0.491 e. The van der Waals surface area contributed by atoms with Gasteiger partial charge in [0.15, 0.2) is 0 Å². The Kier molecular flexibility index (Phi) is 6.25. The summed E-state index contributed by atoms with van der Waals surface area (Å²) in [5.41, 5.74) is 1.08. The van der Waals surface area contributed by atoms with E-state index in [1.165, 1.54) is 0 Å². The first-order valence-electron chi connectivity index (χ1n) is 8.73. The highest BCUT2D eigenvalue weighted by atomic mass is 16.5. The summed E-state index contributed by atoms with van der Waals surface area (Å²) in [6, 6.07) is 7.96. The van der Waals surface area contributed by atoms with Gasteiger partial charge >= 0.3 is 5.97 Å². The van der Waals surface area contributed by atoms with Crippen LogP contribution in [0.2, 0.25) is 0 Å². The molecule has 2 heterocycles. The number of aliphatic hydroxyl groups excluding tert-OH is 1. The van der Waals surface area contributed by atoms with E-state index in [4.69, 9.17) is 19.7 Å². The monoisotopic (exact) mass is 350 g/mol. The summed E-state index contributed by atoms with van der Waals surface area (Å²) in [6.45, 7) is 4.74. The van der Waals surface area contributed by atoms with E-state index in [2.05, 4.69) is 4.90 Å². The van der Waals surface area contributed by atoms with Crippen LogP contribution in [0.25, 0.3) is 0 Å². The maximum Gasteiger partial charge on any atom is 0.317 e. The lowest BCUT2D eigenvalue weighted by molar-refractivity contribution is -0.139. The van der Waals surface area contributed by atoms with Crippen molar-refractivity contribution < 1.29 is 24.5 Å². The number of aliphatic hydroxyl groups is 1. The molecule has 2 fully saturated rings. The smallest absolute Gasteiger partial charge is 0.317 e. The molecule has 0 amide bonds. The summed E-state index contributed by atoms with van der Waals surface area (Å²) in [6.07, 6.45) is 0. The minimum absolute atomic E-state index is 0.0102. The fourth-order valence-corrected chi connectivity index (χ4v) is 3.69. The number of rotatable bonds is 7. The number of hydrogen-bond acceptors (Lipinski definition) is 6. The summed E-state index contributed by atoms with van der Waals surface area (Å²) >= 11 is 0. The molecule has 25 heavy (non-hydrogen) atoms. The Labute approximate surface area is 147 Å². The topological polar surface area (TPSA) is 82.5 Å². The molecule has 0 saturated carbocycles. The lowest BCUT2D eigenvalue weighted by atomic mass is 10.1. The number of fused-ring (bicyclic) bond motifs is 3. The molecule has 2 saturated heterocycles. The number of benzene rings is 1. The fourth-order valence-electron chi connectivity index (χ4n) is 3.69. The Balaban J connectivity index is 1.71. The zero-order valence-corrected chi connectivity index (χ0v) is 14.3. The van der Waals surface area contributed by atoms with Crippen LogP contribution >= 0.6 is 0 Å². The van der Waals surface area contributed by atoms with Gasteiger partial charge in [0.1, 0.15) is 12.4 Å². The average molecular weight is 350 g/mol. The van der Waals surface area contributed by atoms with Crippen molar-refractivity contribution in [3.63, 3.8) is 0 Å². The summed E-state index contributed by atoms with van der Waals surface area (Å²) in [7, 11) is 0. The van der Waals surface area contributed by atoms with Crippen molar-refractivity contribution in [2.45, 2.75) is 12.6 Å². The Hall–Kier alpha value is -1.67. The van der Waals surface area contributed by atoms with E-state index in [1.54, 1.807) is 0 Å². The standard InChI is InChI=1S/C18H26N2O5/c21-5-6-25-17-4-2-1-3-15(17)9-19-7-14-8-20(11-18(22)23)16(10-19)13-24-12-14/h1-4,14,16,21H,5-13H2,(H,22,23)/t14-,16-/m0/s1. The van der Waals surface area contributed by atoms with Gasteiger partial charge in [0.2, 0.25) is 0 Å². The van der Waals surface area contributed by atoms with Gasteiger partial charge in [-0.25, -0.2) is 0 Å². The maximum atomic E-state index is 11.2. The molecule has 0 radical (unpaired) electrons. The third-order valence-electron chi connectivity index (χ3n) is 4.71. The zero-order valence-electron chi connectivity index (χ0n) is 14.3. The van der Waals surface area contributed by atoms with Crippen molar-refractivity contribution in [1.29, 1.82) is 0 Å². The quantitative estimate of drug-likeness (QED) is 0.731. The van der Waals surface area contributed by atoms with E-state index >= 15 is 0 Å². The summed E-state index contributed by atoms with van der Waals surface area (Å²) < 4.78 is 11.4. The summed E-state index contributed by atoms with van der Waals surface area (Å²) in [4.78, 5) is 15.6. The van der Waals surface area contributed by atoms with Crippen LogP contribution in [0.15, 0.2) is 24.3 Å². The Bertz CT molecular complexity index is 582. The van der Waals surface area contributed by atoms with E-state index in [0.717, 1.165) is 37.5 Å². The lowest BCUT2D eigenvalue weighted by Crippen LogP contribution is -2.45. The van der Waals surface area contributed by atoms with E-state index in [1.807, 2.05) is 29.2 Å². The number of hydrogen-bond donors (Lipinski definition) is 2. The van der Waals surface area contributed by atoms with Gasteiger partial charge in [0, 0.05) is 43.7 Å². The van der Waals surface area contributed by atoms with E-state index in [-0.39, 0.29) is 25.8 Å². The molecule has 0 aromatic heterocycles. The zero-order chi connectivity index (χ0) is 17.6. The third-order valence-corrected chi connectivity index (χ3v) is 4.71. The van der Waals surface area contributed by atoms with Crippen molar-refractivity contribution >= 4 is 5.97 Å². The molecule has 7 heteroatoms. The second kappa shape index (κ2) is 8.62. The molecular formula is C18H26N2O5. The molecule has 0 aliphatic carbocycles.